The molecule has 1 aromatic heterocycles. The molecule has 26 heavy (non-hydrogen) atoms. The second-order valence-corrected chi connectivity index (χ2v) is 8.83. The summed E-state index contributed by atoms with van der Waals surface area (Å²) in [6.45, 7) is 4.83. The van der Waals surface area contributed by atoms with E-state index in [4.69, 9.17) is 0 Å². The van der Waals surface area contributed by atoms with E-state index in [2.05, 4.69) is 29.1 Å². The van der Waals surface area contributed by atoms with Crippen LogP contribution in [0.25, 0.3) is 0 Å². The zero-order chi connectivity index (χ0) is 18.5. The lowest BCUT2D eigenvalue weighted by molar-refractivity contribution is 0.0943. The first-order chi connectivity index (χ1) is 12.5. The Kier molecular flexibility index (Phi) is 6.49. The minimum atomic E-state index is -0.443. The molecule has 0 saturated heterocycles. The van der Waals surface area contributed by atoms with E-state index in [0.29, 0.717) is 12.5 Å². The molecule has 144 valence electrons. The predicted octanol–water partition coefficient (Wildman–Crippen LogP) is 3.69. The summed E-state index contributed by atoms with van der Waals surface area (Å²) in [5.74, 6) is 2.94. The van der Waals surface area contributed by atoms with Gasteiger partial charge in [-0.2, -0.15) is 4.98 Å². The van der Waals surface area contributed by atoms with E-state index in [1.165, 1.54) is 44.9 Å². The van der Waals surface area contributed by atoms with Crippen LogP contribution in [0.4, 0.5) is 0 Å². The Balaban J connectivity index is 1.44. The maximum Gasteiger partial charge on any atom is 0.345 e. The topological polar surface area (TPSA) is 74.8 Å². The van der Waals surface area contributed by atoms with Crippen molar-refractivity contribution in [1.29, 1.82) is 0 Å². The van der Waals surface area contributed by atoms with Crippen molar-refractivity contribution >= 4 is 5.91 Å². The number of carbonyl (C=O) groups is 1. The number of carbonyl (C=O) groups excluding carboxylic acids is 1. The smallest absolute Gasteiger partial charge is 0.345 e. The van der Waals surface area contributed by atoms with Crippen LogP contribution in [0.2, 0.25) is 0 Å². The van der Waals surface area contributed by atoms with Crippen LogP contribution in [0, 0.1) is 23.7 Å². The standard InChI is InChI=1S/C21H33N3O2/c1-14(2)9-18-13-19(24-21(26)23-18)20(25)22-8-4-7-17-11-15-5-3-6-16(10-15)12-17/h13-17H,3-12H2,1-2H3,(H,22,25)(H,23,24,26). The SMILES string of the molecule is CC(C)Cc1cc(C(=O)NCCCC2CC3CCCC(C2)C3)nc(=O)[nH]1. The number of rotatable bonds is 7. The summed E-state index contributed by atoms with van der Waals surface area (Å²) < 4.78 is 0. The summed E-state index contributed by atoms with van der Waals surface area (Å²) in [4.78, 5) is 30.5. The van der Waals surface area contributed by atoms with E-state index >= 15 is 0 Å². The van der Waals surface area contributed by atoms with Gasteiger partial charge in [-0.15, -0.1) is 0 Å². The molecule has 2 aliphatic rings. The van der Waals surface area contributed by atoms with Gasteiger partial charge in [0.2, 0.25) is 0 Å². The number of aromatic nitrogens is 2. The van der Waals surface area contributed by atoms with Crippen LogP contribution in [-0.4, -0.2) is 22.4 Å². The van der Waals surface area contributed by atoms with Gasteiger partial charge in [0.1, 0.15) is 5.69 Å². The molecule has 5 heteroatoms. The van der Waals surface area contributed by atoms with Gasteiger partial charge in [0.15, 0.2) is 0 Å². The van der Waals surface area contributed by atoms with E-state index in [1.807, 2.05) is 0 Å². The molecule has 3 rings (SSSR count). The van der Waals surface area contributed by atoms with Crippen molar-refractivity contribution in [2.45, 2.75) is 71.6 Å². The second kappa shape index (κ2) is 8.83. The summed E-state index contributed by atoms with van der Waals surface area (Å²) in [6, 6.07) is 1.71. The molecular weight excluding hydrogens is 326 g/mol. The molecule has 2 fully saturated rings. The van der Waals surface area contributed by atoms with Gasteiger partial charge < -0.3 is 10.3 Å². The van der Waals surface area contributed by atoms with Gasteiger partial charge in [-0.3, -0.25) is 4.79 Å². The second-order valence-electron chi connectivity index (χ2n) is 8.83. The normalized spacial score (nSPS) is 25.3. The Morgan fingerprint density at radius 2 is 2.00 bits per heavy atom. The highest BCUT2D eigenvalue weighted by Gasteiger charge is 2.31. The molecule has 2 atom stereocenters. The monoisotopic (exact) mass is 359 g/mol. The quantitative estimate of drug-likeness (QED) is 0.729. The molecule has 5 nitrogen and oxygen atoms in total. The Hall–Kier alpha value is -1.65. The molecule has 2 saturated carbocycles. The summed E-state index contributed by atoms with van der Waals surface area (Å²) in [5.41, 5.74) is 0.567. The fourth-order valence-electron chi connectivity index (χ4n) is 4.96. The van der Waals surface area contributed by atoms with Crippen molar-refractivity contribution in [3.05, 3.63) is 27.9 Å². The molecule has 0 aliphatic heterocycles. The number of fused-ring (bicyclic) bond motifs is 2. The predicted molar refractivity (Wildman–Crippen MR) is 103 cm³/mol. The van der Waals surface area contributed by atoms with Crippen molar-refractivity contribution in [3.63, 3.8) is 0 Å². The molecule has 0 radical (unpaired) electrons. The van der Waals surface area contributed by atoms with Crippen molar-refractivity contribution in [2.75, 3.05) is 6.54 Å². The van der Waals surface area contributed by atoms with E-state index in [0.717, 1.165) is 36.3 Å². The van der Waals surface area contributed by atoms with Crippen LogP contribution >= 0.6 is 0 Å². The Morgan fingerprint density at radius 3 is 2.69 bits per heavy atom. The third kappa shape index (κ3) is 5.42. The van der Waals surface area contributed by atoms with Crippen LogP contribution in [0.1, 0.15) is 81.4 Å². The van der Waals surface area contributed by atoms with Crippen LogP contribution in [-0.2, 0) is 6.42 Å². The maximum atomic E-state index is 12.3. The third-order valence-electron chi connectivity index (χ3n) is 5.96. The first kappa shape index (κ1) is 19.1. The number of H-pyrrole nitrogens is 1. The highest BCUT2D eigenvalue weighted by Crippen LogP contribution is 2.43. The fourth-order valence-corrected chi connectivity index (χ4v) is 4.96. The van der Waals surface area contributed by atoms with Crippen LogP contribution in [0.15, 0.2) is 10.9 Å². The molecule has 2 N–H and O–H groups in total. The number of nitrogens with one attached hydrogen (secondary N) is 2. The molecule has 1 heterocycles. The third-order valence-corrected chi connectivity index (χ3v) is 5.96. The molecule has 2 unspecified atom stereocenters. The van der Waals surface area contributed by atoms with Crippen molar-refractivity contribution in [1.82, 2.24) is 15.3 Å². The lowest BCUT2D eigenvalue weighted by atomic mass is 9.67. The number of amides is 1. The number of hydrogen-bond acceptors (Lipinski definition) is 3. The van der Waals surface area contributed by atoms with E-state index in [9.17, 15) is 9.59 Å². The van der Waals surface area contributed by atoms with E-state index in [1.54, 1.807) is 6.07 Å². The maximum absolute atomic E-state index is 12.3. The van der Waals surface area contributed by atoms with Crippen LogP contribution in [0.5, 0.6) is 0 Å². The van der Waals surface area contributed by atoms with Gasteiger partial charge in [0.05, 0.1) is 0 Å². The Labute approximate surface area is 156 Å². The van der Waals surface area contributed by atoms with E-state index < -0.39 is 5.69 Å². The summed E-state index contributed by atoms with van der Waals surface area (Å²) in [7, 11) is 0. The van der Waals surface area contributed by atoms with Gasteiger partial charge in [-0.25, -0.2) is 4.79 Å². The largest absolute Gasteiger partial charge is 0.351 e. The average molecular weight is 360 g/mol. The van der Waals surface area contributed by atoms with Gasteiger partial charge >= 0.3 is 5.69 Å². The molecule has 1 aromatic rings. The summed E-state index contributed by atoms with van der Waals surface area (Å²) >= 11 is 0. The van der Waals surface area contributed by atoms with Crippen LogP contribution < -0.4 is 11.0 Å². The fraction of sp³-hybridized carbons (Fsp3) is 0.762. The average Bonchev–Trinajstić information content (AvgIpc) is 2.57. The van der Waals surface area contributed by atoms with Gasteiger partial charge in [0.25, 0.3) is 5.91 Å². The van der Waals surface area contributed by atoms with E-state index in [-0.39, 0.29) is 11.6 Å². The molecular formula is C21H33N3O2. The minimum absolute atomic E-state index is 0.233. The first-order valence-electron chi connectivity index (χ1n) is 10.4. The van der Waals surface area contributed by atoms with Gasteiger partial charge in [-0.05, 0) is 68.3 Å². The summed E-state index contributed by atoms with van der Waals surface area (Å²) in [6.07, 6.45) is 11.5. The number of nitrogens with zero attached hydrogens (tertiary/aromatic N) is 1. The first-order valence-corrected chi connectivity index (χ1v) is 10.4. The van der Waals surface area contributed by atoms with Gasteiger partial charge in [-0.1, -0.05) is 33.1 Å². The highest BCUT2D eigenvalue weighted by molar-refractivity contribution is 5.92. The van der Waals surface area contributed by atoms with Crippen LogP contribution in [0.3, 0.4) is 0 Å². The number of hydrogen-bond donors (Lipinski definition) is 2. The Morgan fingerprint density at radius 1 is 1.27 bits per heavy atom. The molecule has 1 amide bonds. The zero-order valence-corrected chi connectivity index (χ0v) is 16.2. The summed E-state index contributed by atoms with van der Waals surface area (Å²) in [5, 5.41) is 2.94. The zero-order valence-electron chi connectivity index (χ0n) is 16.2. The molecule has 2 bridgehead atoms. The van der Waals surface area contributed by atoms with Crippen molar-refractivity contribution in [2.24, 2.45) is 23.7 Å². The van der Waals surface area contributed by atoms with Crippen molar-refractivity contribution in [3.8, 4) is 0 Å². The lowest BCUT2D eigenvalue weighted by Crippen LogP contribution is -2.30. The highest BCUT2D eigenvalue weighted by atomic mass is 16.2. The minimum Gasteiger partial charge on any atom is -0.351 e. The molecule has 2 aliphatic carbocycles. The number of aromatic amines is 1. The van der Waals surface area contributed by atoms with Crippen molar-refractivity contribution < 1.29 is 4.79 Å². The van der Waals surface area contributed by atoms with Gasteiger partial charge in [0, 0.05) is 12.2 Å². The molecule has 0 spiro atoms. The Bertz CT molecular complexity index is 655. The molecule has 0 aromatic carbocycles. The lowest BCUT2D eigenvalue weighted by Gasteiger charge is -2.39.